The third-order valence-electron chi connectivity index (χ3n) is 6.75. The largest absolute Gasteiger partial charge is 0.461 e. The highest BCUT2D eigenvalue weighted by molar-refractivity contribution is 7.09. The van der Waals surface area contributed by atoms with E-state index in [0.717, 1.165) is 20.7 Å². The molecule has 4 aromatic rings. The van der Waals surface area contributed by atoms with Crippen molar-refractivity contribution in [2.24, 2.45) is 0 Å². The van der Waals surface area contributed by atoms with E-state index in [0.29, 0.717) is 0 Å². The van der Waals surface area contributed by atoms with Crippen LogP contribution in [-0.4, -0.2) is 52.3 Å². The molecule has 1 aliphatic heterocycles. The minimum absolute atomic E-state index is 0.128. The summed E-state index contributed by atoms with van der Waals surface area (Å²) < 4.78 is 34.7. The van der Waals surface area contributed by atoms with E-state index in [1.165, 1.54) is 0 Å². The molecule has 0 spiro atoms. The van der Waals surface area contributed by atoms with Crippen molar-refractivity contribution in [3.8, 4) is 0 Å². The molecule has 0 N–H and O–H groups in total. The Bertz CT molecular complexity index is 1240. The van der Waals surface area contributed by atoms with Gasteiger partial charge in [0.05, 0.1) is 0 Å². The topological polar surface area (TPSA) is 46.2 Å². The lowest BCUT2D eigenvalue weighted by molar-refractivity contribution is 0.253. The Morgan fingerprint density at radius 2 is 0.744 bits per heavy atom. The van der Waals surface area contributed by atoms with Crippen LogP contribution in [0.15, 0.2) is 121 Å². The van der Waals surface area contributed by atoms with Crippen LogP contribution in [0.4, 0.5) is 0 Å². The van der Waals surface area contributed by atoms with Crippen LogP contribution in [-0.2, 0) is 20.6 Å². The van der Waals surface area contributed by atoms with Crippen LogP contribution in [0.5, 0.6) is 0 Å². The van der Waals surface area contributed by atoms with E-state index >= 15 is 0 Å². The van der Waals surface area contributed by atoms with Gasteiger partial charge in [0, 0.05) is 0 Å². The average molecular weight is 679 g/mol. The molecule has 0 bridgehead atoms. The second-order valence-corrected chi connectivity index (χ2v) is 32.0. The summed E-state index contributed by atoms with van der Waals surface area (Å²) in [5.41, 5.74) is 0. The van der Waals surface area contributed by atoms with Crippen molar-refractivity contribution >= 4 is 73.1 Å². The van der Waals surface area contributed by atoms with E-state index in [1.54, 1.807) is 0 Å². The normalized spacial score (nSPS) is 19.1. The van der Waals surface area contributed by atoms with Gasteiger partial charge >= 0.3 is 34.2 Å². The Balaban J connectivity index is 0.000000541. The van der Waals surface area contributed by atoms with Crippen molar-refractivity contribution in [3.05, 3.63) is 121 Å². The SMILES string of the molecule is C[SiH2]O[Si](C)(C)C.C[Si]1(C)O[Si](C)(C)O[Si](c2ccccc2)(c2ccccc2)O[Si](c2ccccc2)(c2ccccc2)O1. The Morgan fingerprint density at radius 3 is 0.953 bits per heavy atom. The first-order valence-electron chi connectivity index (χ1n) is 15.0. The summed E-state index contributed by atoms with van der Waals surface area (Å²) >= 11 is 0. The molecular weight excluding hydrogens is 633 g/mol. The average Bonchev–Trinajstić information content (AvgIpc) is 2.96. The molecule has 0 saturated carbocycles. The predicted molar refractivity (Wildman–Crippen MR) is 194 cm³/mol. The molecule has 1 heterocycles. The number of hydrogen-bond acceptors (Lipinski definition) is 5. The Labute approximate surface area is 266 Å². The molecule has 43 heavy (non-hydrogen) atoms. The molecule has 1 saturated heterocycles. The second-order valence-electron chi connectivity index (χ2n) is 12.5. The van der Waals surface area contributed by atoms with E-state index in [4.69, 9.17) is 20.6 Å². The summed E-state index contributed by atoms with van der Waals surface area (Å²) in [4.78, 5) is 0. The summed E-state index contributed by atoms with van der Waals surface area (Å²) in [6.07, 6.45) is 0. The lowest BCUT2D eigenvalue weighted by Crippen LogP contribution is -2.80. The number of rotatable bonds is 6. The van der Waals surface area contributed by atoms with Crippen LogP contribution in [0.1, 0.15) is 0 Å². The second kappa shape index (κ2) is 14.0. The van der Waals surface area contributed by atoms with E-state index in [2.05, 4.69) is 149 Å². The van der Waals surface area contributed by atoms with Gasteiger partial charge in [0.1, 0.15) is 9.76 Å². The first kappa shape index (κ1) is 33.9. The quantitative estimate of drug-likeness (QED) is 0.270. The van der Waals surface area contributed by atoms with Gasteiger partial charge < -0.3 is 20.6 Å². The fourth-order valence-corrected chi connectivity index (χ4v) is 29.9. The van der Waals surface area contributed by atoms with Crippen molar-refractivity contribution in [3.63, 3.8) is 0 Å². The van der Waals surface area contributed by atoms with E-state index < -0.39 is 42.6 Å². The fourth-order valence-electron chi connectivity index (χ4n) is 5.44. The Hall–Kier alpha value is -2.02. The minimum Gasteiger partial charge on any atom is -0.461 e. The number of benzene rings is 4. The molecule has 0 radical (unpaired) electrons. The molecule has 0 aliphatic carbocycles. The van der Waals surface area contributed by atoms with Gasteiger partial charge in [0.2, 0.25) is 0 Å². The zero-order valence-electron chi connectivity index (χ0n) is 26.8. The maximum Gasteiger partial charge on any atom is 0.389 e. The van der Waals surface area contributed by atoms with Gasteiger partial charge in [-0.15, -0.1) is 0 Å². The summed E-state index contributed by atoms with van der Waals surface area (Å²) in [6, 6.07) is 41.6. The van der Waals surface area contributed by atoms with Gasteiger partial charge in [-0.3, -0.25) is 0 Å². The smallest absolute Gasteiger partial charge is 0.389 e. The molecule has 5 nitrogen and oxygen atoms in total. The van der Waals surface area contributed by atoms with Crippen molar-refractivity contribution in [2.45, 2.75) is 52.4 Å². The minimum atomic E-state index is -3.32. The molecule has 1 aliphatic rings. The van der Waals surface area contributed by atoms with Gasteiger partial charge in [-0.05, 0) is 66.6 Å². The first-order chi connectivity index (χ1) is 20.3. The van der Waals surface area contributed by atoms with Crippen LogP contribution in [0, 0.1) is 0 Å². The number of hydrogen-bond donors (Lipinski definition) is 0. The Morgan fingerprint density at radius 1 is 0.465 bits per heavy atom. The molecule has 0 aromatic heterocycles. The molecule has 228 valence electrons. The third kappa shape index (κ3) is 8.58. The summed E-state index contributed by atoms with van der Waals surface area (Å²) in [6.45, 7) is 17.3. The highest BCUT2D eigenvalue weighted by atomic mass is 28.5. The maximum absolute atomic E-state index is 7.70. The van der Waals surface area contributed by atoms with Crippen molar-refractivity contribution < 1.29 is 20.6 Å². The monoisotopic (exact) mass is 678 g/mol. The molecule has 0 unspecified atom stereocenters. The van der Waals surface area contributed by atoms with Gasteiger partial charge in [-0.25, -0.2) is 0 Å². The summed E-state index contributed by atoms with van der Waals surface area (Å²) in [5.74, 6) is 0. The maximum atomic E-state index is 7.70. The highest BCUT2D eigenvalue weighted by Gasteiger charge is 2.61. The van der Waals surface area contributed by atoms with Crippen LogP contribution >= 0.6 is 0 Å². The molecule has 4 aromatic carbocycles. The zero-order chi connectivity index (χ0) is 31.2. The molecule has 1 fully saturated rings. The van der Waals surface area contributed by atoms with E-state index in [9.17, 15) is 0 Å². The van der Waals surface area contributed by atoms with Crippen LogP contribution in [0.3, 0.4) is 0 Å². The molecule has 0 amide bonds. The van der Waals surface area contributed by atoms with Crippen molar-refractivity contribution in [2.75, 3.05) is 0 Å². The lowest BCUT2D eigenvalue weighted by atomic mass is 10.4. The van der Waals surface area contributed by atoms with Gasteiger partial charge in [-0.2, -0.15) is 0 Å². The highest BCUT2D eigenvalue weighted by Crippen LogP contribution is 2.31. The molecule has 0 atom stereocenters. The Kier molecular flexibility index (Phi) is 11.0. The van der Waals surface area contributed by atoms with Crippen LogP contribution in [0.2, 0.25) is 52.4 Å². The summed E-state index contributed by atoms with van der Waals surface area (Å²) in [5, 5.41) is 4.20. The standard InChI is InChI=1S/C28H32O4Si4.C4H14OSi2/c1-33(2)29-34(3,4)31-36(27-21-13-7-14-22-27,28-23-15-8-16-24-28)32-35(30-33,25-17-9-5-10-18-25)26-19-11-6-12-20-26;1-6-5-7(2,3)4/h5-24H,1-4H3;6H2,1-4H3. The van der Waals surface area contributed by atoms with Crippen LogP contribution < -0.4 is 20.7 Å². The first-order valence-corrected chi connectivity index (χ1v) is 29.6. The van der Waals surface area contributed by atoms with Gasteiger partial charge in [0.25, 0.3) is 0 Å². The lowest BCUT2D eigenvalue weighted by Gasteiger charge is -2.50. The van der Waals surface area contributed by atoms with Gasteiger partial charge in [-0.1, -0.05) is 128 Å². The molecular formula is C32H46O5Si6. The summed E-state index contributed by atoms with van der Waals surface area (Å²) in [7, 11) is -13.2. The molecule has 11 heteroatoms. The third-order valence-corrected chi connectivity index (χ3v) is 28.2. The fraction of sp³-hybridized carbons (Fsp3) is 0.250. The zero-order valence-corrected chi connectivity index (χ0v) is 33.2. The van der Waals surface area contributed by atoms with E-state index in [-0.39, 0.29) is 9.76 Å². The van der Waals surface area contributed by atoms with Crippen molar-refractivity contribution in [1.82, 2.24) is 0 Å². The molecule has 5 rings (SSSR count). The predicted octanol–water partition coefficient (Wildman–Crippen LogP) is 4.95. The van der Waals surface area contributed by atoms with E-state index in [1.807, 2.05) is 24.3 Å². The van der Waals surface area contributed by atoms with Gasteiger partial charge in [0.15, 0.2) is 8.32 Å². The van der Waals surface area contributed by atoms with Crippen molar-refractivity contribution in [1.29, 1.82) is 0 Å². The van der Waals surface area contributed by atoms with Crippen LogP contribution in [0.25, 0.3) is 0 Å².